The minimum absolute atomic E-state index is 0.0390. The minimum atomic E-state index is -0.0390. The summed E-state index contributed by atoms with van der Waals surface area (Å²) in [5.74, 6) is 1.06. The van der Waals surface area contributed by atoms with E-state index in [0.717, 1.165) is 38.5 Å². The zero-order valence-electron chi connectivity index (χ0n) is 14.7. The van der Waals surface area contributed by atoms with E-state index in [9.17, 15) is 4.79 Å². The molecule has 2 heterocycles. The molecule has 2 unspecified atom stereocenters. The predicted molar refractivity (Wildman–Crippen MR) is 95.9 cm³/mol. The van der Waals surface area contributed by atoms with E-state index >= 15 is 0 Å². The Hall–Kier alpha value is -1.59. The maximum absolute atomic E-state index is 12.8. The van der Waals surface area contributed by atoms with Gasteiger partial charge in [0, 0.05) is 37.9 Å². The highest BCUT2D eigenvalue weighted by atomic mass is 16.2. The maximum atomic E-state index is 12.8. The van der Waals surface area contributed by atoms with E-state index in [2.05, 4.69) is 47.8 Å². The molecule has 2 saturated heterocycles. The number of hydrogen-bond acceptors (Lipinski definition) is 4. The Bertz CT molecular complexity index is 620. The molecule has 2 aliphatic heterocycles. The van der Waals surface area contributed by atoms with Crippen molar-refractivity contribution in [2.75, 3.05) is 31.1 Å². The number of carbonyl (C=O) groups excluding carboxylic acids is 1. The standard InChI is InChI=1S/C19H28N4O/c1-13-4-3-5-18(14(13)2)22-8-10-23(11-9-22)19(24)17-12-16(20-21-17)15-6-7-15/h3-5,15-17,20-21H,6-12H2,1-2H3. The van der Waals surface area contributed by atoms with Gasteiger partial charge in [-0.15, -0.1) is 0 Å². The number of nitrogens with one attached hydrogen (secondary N) is 2. The first-order chi connectivity index (χ1) is 11.6. The molecule has 1 aromatic rings. The number of nitrogens with zero attached hydrogens (tertiary/aromatic N) is 2. The molecule has 1 saturated carbocycles. The molecule has 0 aromatic heterocycles. The van der Waals surface area contributed by atoms with Gasteiger partial charge in [0.1, 0.15) is 6.04 Å². The lowest BCUT2D eigenvalue weighted by atomic mass is 10.0. The van der Waals surface area contributed by atoms with Gasteiger partial charge in [0.25, 0.3) is 0 Å². The highest BCUT2D eigenvalue weighted by molar-refractivity contribution is 5.82. The van der Waals surface area contributed by atoms with Gasteiger partial charge in [0.05, 0.1) is 0 Å². The summed E-state index contributed by atoms with van der Waals surface area (Å²) >= 11 is 0. The summed E-state index contributed by atoms with van der Waals surface area (Å²) in [4.78, 5) is 17.2. The van der Waals surface area contributed by atoms with Crippen LogP contribution in [0.25, 0.3) is 0 Å². The second kappa shape index (κ2) is 6.37. The summed E-state index contributed by atoms with van der Waals surface area (Å²) in [5.41, 5.74) is 10.6. The van der Waals surface area contributed by atoms with Crippen molar-refractivity contribution in [1.82, 2.24) is 15.8 Å². The topological polar surface area (TPSA) is 47.6 Å². The van der Waals surface area contributed by atoms with Crippen LogP contribution in [0.1, 0.15) is 30.4 Å². The summed E-state index contributed by atoms with van der Waals surface area (Å²) in [5, 5.41) is 0. The first-order valence-electron chi connectivity index (χ1n) is 9.24. The molecule has 24 heavy (non-hydrogen) atoms. The van der Waals surface area contributed by atoms with Crippen LogP contribution in [0.2, 0.25) is 0 Å². The maximum Gasteiger partial charge on any atom is 0.241 e. The van der Waals surface area contributed by atoms with E-state index in [0.29, 0.717) is 6.04 Å². The molecule has 5 heteroatoms. The molecule has 2 atom stereocenters. The number of piperazine rings is 1. The molecule has 0 spiro atoms. The van der Waals surface area contributed by atoms with Crippen molar-refractivity contribution in [2.45, 2.75) is 45.2 Å². The normalized spacial score (nSPS) is 27.6. The molecule has 1 aliphatic carbocycles. The van der Waals surface area contributed by atoms with Crippen molar-refractivity contribution in [2.24, 2.45) is 5.92 Å². The van der Waals surface area contributed by atoms with Gasteiger partial charge in [0.2, 0.25) is 5.91 Å². The Labute approximate surface area is 144 Å². The van der Waals surface area contributed by atoms with E-state index < -0.39 is 0 Å². The monoisotopic (exact) mass is 328 g/mol. The average Bonchev–Trinajstić information content (AvgIpc) is 3.34. The molecular weight excluding hydrogens is 300 g/mol. The number of rotatable bonds is 3. The van der Waals surface area contributed by atoms with Crippen LogP contribution in [0.3, 0.4) is 0 Å². The van der Waals surface area contributed by atoms with Gasteiger partial charge < -0.3 is 9.80 Å². The lowest BCUT2D eigenvalue weighted by Gasteiger charge is -2.38. The number of anilines is 1. The molecule has 0 bridgehead atoms. The molecule has 0 radical (unpaired) electrons. The molecule has 4 rings (SSSR count). The third-order valence-corrected chi connectivity index (χ3v) is 5.93. The fourth-order valence-corrected chi connectivity index (χ4v) is 4.02. The molecule has 5 nitrogen and oxygen atoms in total. The van der Waals surface area contributed by atoms with Crippen molar-refractivity contribution in [3.63, 3.8) is 0 Å². The summed E-state index contributed by atoms with van der Waals surface area (Å²) in [6.45, 7) is 7.82. The number of amides is 1. The molecule has 1 amide bonds. The molecular formula is C19H28N4O. The smallest absolute Gasteiger partial charge is 0.241 e. The van der Waals surface area contributed by atoms with Gasteiger partial charge in [-0.25, -0.2) is 5.43 Å². The molecule has 3 fully saturated rings. The first-order valence-corrected chi connectivity index (χ1v) is 9.24. The minimum Gasteiger partial charge on any atom is -0.368 e. The van der Waals surface area contributed by atoms with Gasteiger partial charge in [0.15, 0.2) is 0 Å². The predicted octanol–water partition coefficient (Wildman–Crippen LogP) is 1.60. The Kier molecular flexibility index (Phi) is 4.22. The zero-order chi connectivity index (χ0) is 16.7. The van der Waals surface area contributed by atoms with Gasteiger partial charge in [-0.05, 0) is 56.2 Å². The van der Waals surface area contributed by atoms with Gasteiger partial charge in [-0.1, -0.05) is 12.1 Å². The molecule has 1 aromatic carbocycles. The number of hydrogen-bond donors (Lipinski definition) is 2. The third-order valence-electron chi connectivity index (χ3n) is 5.93. The van der Waals surface area contributed by atoms with Crippen LogP contribution in [0.5, 0.6) is 0 Å². The van der Waals surface area contributed by atoms with Crippen LogP contribution >= 0.6 is 0 Å². The summed E-state index contributed by atoms with van der Waals surface area (Å²) < 4.78 is 0. The van der Waals surface area contributed by atoms with Crippen molar-refractivity contribution in [3.8, 4) is 0 Å². The molecule has 3 aliphatic rings. The molecule has 2 N–H and O–H groups in total. The zero-order valence-corrected chi connectivity index (χ0v) is 14.7. The lowest BCUT2D eigenvalue weighted by Crippen LogP contribution is -2.53. The van der Waals surface area contributed by atoms with Gasteiger partial charge >= 0.3 is 0 Å². The number of carbonyl (C=O) groups is 1. The van der Waals surface area contributed by atoms with Crippen LogP contribution < -0.4 is 15.8 Å². The van der Waals surface area contributed by atoms with Crippen LogP contribution in [-0.4, -0.2) is 49.1 Å². The third kappa shape index (κ3) is 3.03. The van der Waals surface area contributed by atoms with Crippen LogP contribution in [-0.2, 0) is 4.79 Å². The van der Waals surface area contributed by atoms with E-state index in [1.807, 2.05) is 4.90 Å². The fourth-order valence-electron chi connectivity index (χ4n) is 4.02. The number of benzene rings is 1. The van der Waals surface area contributed by atoms with Crippen LogP contribution in [0.15, 0.2) is 18.2 Å². The van der Waals surface area contributed by atoms with Crippen molar-refractivity contribution in [1.29, 1.82) is 0 Å². The van der Waals surface area contributed by atoms with E-state index in [-0.39, 0.29) is 11.9 Å². The Morgan fingerprint density at radius 1 is 1.08 bits per heavy atom. The number of hydrazine groups is 1. The Morgan fingerprint density at radius 2 is 1.83 bits per heavy atom. The Balaban J connectivity index is 1.34. The number of aryl methyl sites for hydroxylation is 1. The molecule has 130 valence electrons. The Morgan fingerprint density at radius 3 is 2.54 bits per heavy atom. The van der Waals surface area contributed by atoms with E-state index in [1.165, 1.54) is 29.7 Å². The SMILES string of the molecule is Cc1cccc(N2CCN(C(=O)C3CC(C4CC4)NN3)CC2)c1C. The van der Waals surface area contributed by atoms with Crippen molar-refractivity contribution < 1.29 is 4.79 Å². The summed E-state index contributed by atoms with van der Waals surface area (Å²) in [6, 6.07) is 6.94. The summed E-state index contributed by atoms with van der Waals surface area (Å²) in [6.07, 6.45) is 3.57. The van der Waals surface area contributed by atoms with Gasteiger partial charge in [-0.2, -0.15) is 0 Å². The van der Waals surface area contributed by atoms with Gasteiger partial charge in [-0.3, -0.25) is 10.2 Å². The highest BCUT2D eigenvalue weighted by Gasteiger charge is 2.40. The largest absolute Gasteiger partial charge is 0.368 e. The van der Waals surface area contributed by atoms with E-state index in [1.54, 1.807) is 0 Å². The second-order valence-corrected chi connectivity index (χ2v) is 7.55. The first kappa shape index (κ1) is 15.9. The van der Waals surface area contributed by atoms with Crippen LogP contribution in [0.4, 0.5) is 5.69 Å². The second-order valence-electron chi connectivity index (χ2n) is 7.55. The lowest BCUT2D eigenvalue weighted by molar-refractivity contribution is -0.133. The van der Waals surface area contributed by atoms with Crippen LogP contribution in [0, 0.1) is 19.8 Å². The fraction of sp³-hybridized carbons (Fsp3) is 0.632. The van der Waals surface area contributed by atoms with Crippen molar-refractivity contribution in [3.05, 3.63) is 29.3 Å². The van der Waals surface area contributed by atoms with Crippen molar-refractivity contribution >= 4 is 11.6 Å². The quantitative estimate of drug-likeness (QED) is 0.885. The average molecular weight is 328 g/mol. The highest BCUT2D eigenvalue weighted by Crippen LogP contribution is 2.35. The summed E-state index contributed by atoms with van der Waals surface area (Å²) in [7, 11) is 0. The van der Waals surface area contributed by atoms with E-state index in [4.69, 9.17) is 0 Å².